The van der Waals surface area contributed by atoms with Crippen molar-refractivity contribution in [3.63, 3.8) is 0 Å². The lowest BCUT2D eigenvalue weighted by atomic mass is 10.0. The van der Waals surface area contributed by atoms with Gasteiger partial charge in [-0.1, -0.05) is 37.9 Å². The summed E-state index contributed by atoms with van der Waals surface area (Å²) in [7, 11) is 1.95. The van der Waals surface area contributed by atoms with Crippen molar-refractivity contribution in [1.82, 2.24) is 10.3 Å². The summed E-state index contributed by atoms with van der Waals surface area (Å²) in [6.45, 7) is 0. The monoisotopic (exact) mass is 354 g/mol. The highest BCUT2D eigenvalue weighted by Crippen LogP contribution is 2.27. The molecule has 0 bridgehead atoms. The van der Waals surface area contributed by atoms with Crippen LogP contribution in [0.15, 0.2) is 51.7 Å². The first-order valence-corrected chi connectivity index (χ1v) is 6.82. The lowest BCUT2D eigenvalue weighted by Crippen LogP contribution is -2.17. The Balaban J connectivity index is 2.42. The van der Waals surface area contributed by atoms with Crippen molar-refractivity contribution in [2.24, 2.45) is 0 Å². The summed E-state index contributed by atoms with van der Waals surface area (Å²) in [5, 5.41) is 3.31. The number of hydrogen-bond donors (Lipinski definition) is 1. The average molecular weight is 356 g/mol. The second-order valence-corrected chi connectivity index (χ2v) is 5.54. The molecule has 0 aliphatic rings. The summed E-state index contributed by atoms with van der Waals surface area (Å²) in [5.74, 6) is 0. The minimum atomic E-state index is 0.150. The molecule has 2 rings (SSSR count). The fourth-order valence-electron chi connectivity index (χ4n) is 1.81. The van der Waals surface area contributed by atoms with Gasteiger partial charge in [-0.15, -0.1) is 0 Å². The van der Waals surface area contributed by atoms with Crippen LogP contribution in [0.3, 0.4) is 0 Å². The number of pyridine rings is 1. The van der Waals surface area contributed by atoms with Crippen LogP contribution in [-0.2, 0) is 0 Å². The van der Waals surface area contributed by atoms with Crippen molar-refractivity contribution >= 4 is 31.9 Å². The van der Waals surface area contributed by atoms with E-state index in [0.29, 0.717) is 0 Å². The minimum absolute atomic E-state index is 0.150. The van der Waals surface area contributed by atoms with Crippen molar-refractivity contribution in [2.45, 2.75) is 6.04 Å². The van der Waals surface area contributed by atoms with Crippen LogP contribution in [0, 0.1) is 0 Å². The number of nitrogens with one attached hydrogen (secondary N) is 1. The van der Waals surface area contributed by atoms with E-state index in [-0.39, 0.29) is 6.04 Å². The SMILES string of the molecule is CNC(c1cccnc1)c1cc(Br)cc(Br)c1. The van der Waals surface area contributed by atoms with E-state index in [1.54, 1.807) is 6.20 Å². The molecular weight excluding hydrogens is 344 g/mol. The summed E-state index contributed by atoms with van der Waals surface area (Å²) in [4.78, 5) is 4.16. The van der Waals surface area contributed by atoms with E-state index in [0.717, 1.165) is 14.5 Å². The topological polar surface area (TPSA) is 24.9 Å². The fourth-order valence-corrected chi connectivity index (χ4v) is 3.14. The molecule has 2 aromatic rings. The molecule has 2 nitrogen and oxygen atoms in total. The third-order valence-corrected chi connectivity index (χ3v) is 3.44. The fraction of sp³-hybridized carbons (Fsp3) is 0.154. The zero-order chi connectivity index (χ0) is 12.3. The number of benzene rings is 1. The second kappa shape index (κ2) is 5.76. The first-order chi connectivity index (χ1) is 8.20. The Hall–Kier alpha value is -0.710. The van der Waals surface area contributed by atoms with Gasteiger partial charge in [0, 0.05) is 21.3 Å². The number of halogens is 2. The molecule has 88 valence electrons. The molecule has 0 aliphatic heterocycles. The van der Waals surface area contributed by atoms with Gasteiger partial charge in [0.15, 0.2) is 0 Å². The first kappa shape index (κ1) is 12.7. The zero-order valence-corrected chi connectivity index (χ0v) is 12.5. The molecule has 0 aliphatic carbocycles. The highest BCUT2D eigenvalue weighted by molar-refractivity contribution is 9.11. The summed E-state index contributed by atoms with van der Waals surface area (Å²) in [6.07, 6.45) is 3.67. The average Bonchev–Trinajstić information content (AvgIpc) is 2.30. The molecule has 0 spiro atoms. The van der Waals surface area contributed by atoms with E-state index in [1.165, 1.54) is 5.56 Å². The largest absolute Gasteiger partial charge is 0.309 e. The quantitative estimate of drug-likeness (QED) is 0.902. The third kappa shape index (κ3) is 3.15. The molecule has 0 amide bonds. The van der Waals surface area contributed by atoms with Gasteiger partial charge in [0.25, 0.3) is 0 Å². The third-order valence-electron chi connectivity index (χ3n) is 2.52. The minimum Gasteiger partial charge on any atom is -0.309 e. The Morgan fingerprint density at radius 3 is 2.35 bits per heavy atom. The Labute approximate surface area is 118 Å². The van der Waals surface area contributed by atoms with Crippen LogP contribution in [-0.4, -0.2) is 12.0 Å². The maximum Gasteiger partial charge on any atom is 0.0590 e. The molecular formula is C13H12Br2N2. The Bertz CT molecular complexity index is 480. The maximum atomic E-state index is 4.16. The molecule has 0 saturated heterocycles. The zero-order valence-electron chi connectivity index (χ0n) is 9.32. The van der Waals surface area contributed by atoms with Crippen LogP contribution < -0.4 is 5.32 Å². The summed E-state index contributed by atoms with van der Waals surface area (Å²) in [5.41, 5.74) is 2.35. The van der Waals surface area contributed by atoms with Gasteiger partial charge in [0.2, 0.25) is 0 Å². The van der Waals surface area contributed by atoms with E-state index in [4.69, 9.17) is 0 Å². The molecule has 0 fully saturated rings. The van der Waals surface area contributed by atoms with Gasteiger partial charge in [0.05, 0.1) is 6.04 Å². The molecule has 1 aromatic carbocycles. The van der Waals surface area contributed by atoms with Gasteiger partial charge < -0.3 is 5.32 Å². The van der Waals surface area contributed by atoms with Crippen LogP contribution in [0.4, 0.5) is 0 Å². The lowest BCUT2D eigenvalue weighted by molar-refractivity contribution is 0.688. The molecule has 0 saturated carbocycles. The standard InChI is InChI=1S/C13H12Br2N2/c1-16-13(9-3-2-4-17-8-9)10-5-11(14)7-12(15)6-10/h2-8,13,16H,1H3. The van der Waals surface area contributed by atoms with Crippen molar-refractivity contribution in [3.05, 3.63) is 62.8 Å². The number of hydrogen-bond acceptors (Lipinski definition) is 2. The van der Waals surface area contributed by atoms with E-state index in [1.807, 2.05) is 25.4 Å². The summed E-state index contributed by atoms with van der Waals surface area (Å²) >= 11 is 7.02. The first-order valence-electron chi connectivity index (χ1n) is 5.24. The van der Waals surface area contributed by atoms with Crippen LogP contribution in [0.2, 0.25) is 0 Å². The highest BCUT2D eigenvalue weighted by atomic mass is 79.9. The van der Waals surface area contributed by atoms with Gasteiger partial charge in [0.1, 0.15) is 0 Å². The molecule has 1 aromatic heterocycles. The normalized spacial score (nSPS) is 12.4. The molecule has 1 heterocycles. The lowest BCUT2D eigenvalue weighted by Gasteiger charge is -2.17. The smallest absolute Gasteiger partial charge is 0.0590 e. The van der Waals surface area contributed by atoms with Crippen molar-refractivity contribution in [1.29, 1.82) is 0 Å². The Morgan fingerprint density at radius 2 is 1.82 bits per heavy atom. The highest BCUT2D eigenvalue weighted by Gasteiger charge is 2.12. The van der Waals surface area contributed by atoms with Crippen LogP contribution in [0.1, 0.15) is 17.2 Å². The predicted molar refractivity (Wildman–Crippen MR) is 77.0 cm³/mol. The van der Waals surface area contributed by atoms with Crippen molar-refractivity contribution in [2.75, 3.05) is 7.05 Å². The molecule has 1 atom stereocenters. The number of nitrogens with zero attached hydrogens (tertiary/aromatic N) is 1. The summed E-state index contributed by atoms with van der Waals surface area (Å²) < 4.78 is 2.12. The molecule has 1 unspecified atom stereocenters. The second-order valence-electron chi connectivity index (χ2n) is 3.71. The van der Waals surface area contributed by atoms with Gasteiger partial charge >= 0.3 is 0 Å². The number of rotatable bonds is 3. The number of aromatic nitrogens is 1. The predicted octanol–water partition coefficient (Wildman–Crippen LogP) is 3.92. The van der Waals surface area contributed by atoms with Crippen molar-refractivity contribution in [3.8, 4) is 0 Å². The van der Waals surface area contributed by atoms with E-state index in [9.17, 15) is 0 Å². The summed E-state index contributed by atoms with van der Waals surface area (Å²) in [6, 6.07) is 10.4. The molecule has 4 heteroatoms. The Morgan fingerprint density at radius 1 is 1.12 bits per heavy atom. The van der Waals surface area contributed by atoms with Crippen LogP contribution in [0.25, 0.3) is 0 Å². The van der Waals surface area contributed by atoms with E-state index >= 15 is 0 Å². The van der Waals surface area contributed by atoms with Gasteiger partial charge in [-0.2, -0.15) is 0 Å². The van der Waals surface area contributed by atoms with E-state index in [2.05, 4.69) is 60.4 Å². The van der Waals surface area contributed by atoms with E-state index < -0.39 is 0 Å². The molecule has 1 N–H and O–H groups in total. The van der Waals surface area contributed by atoms with Crippen molar-refractivity contribution < 1.29 is 0 Å². The van der Waals surface area contributed by atoms with Gasteiger partial charge in [-0.05, 0) is 42.4 Å². The van der Waals surface area contributed by atoms with Crippen LogP contribution >= 0.6 is 31.9 Å². The molecule has 17 heavy (non-hydrogen) atoms. The van der Waals surface area contributed by atoms with Gasteiger partial charge in [-0.25, -0.2) is 0 Å². The van der Waals surface area contributed by atoms with Crippen LogP contribution in [0.5, 0.6) is 0 Å². The maximum absolute atomic E-state index is 4.16. The Kier molecular flexibility index (Phi) is 4.31. The van der Waals surface area contributed by atoms with Gasteiger partial charge in [-0.3, -0.25) is 4.98 Å². The molecule has 0 radical (unpaired) electrons.